The summed E-state index contributed by atoms with van der Waals surface area (Å²) in [5.74, 6) is 1.18. The van der Waals surface area contributed by atoms with Crippen LogP contribution in [-0.4, -0.2) is 65.8 Å². The van der Waals surface area contributed by atoms with Crippen molar-refractivity contribution in [3.05, 3.63) is 36.0 Å². The Morgan fingerprint density at radius 1 is 1.21 bits per heavy atom. The molecule has 1 aromatic heterocycles. The van der Waals surface area contributed by atoms with E-state index in [2.05, 4.69) is 39.2 Å². The molecule has 2 aromatic rings. The van der Waals surface area contributed by atoms with E-state index < -0.39 is 0 Å². The molecule has 0 radical (unpaired) electrons. The van der Waals surface area contributed by atoms with Crippen LogP contribution in [0, 0.1) is 0 Å². The lowest BCUT2D eigenvalue weighted by Gasteiger charge is -2.37. The molecule has 2 aliphatic rings. The quantitative estimate of drug-likeness (QED) is 0.925. The van der Waals surface area contributed by atoms with Crippen molar-refractivity contribution < 1.29 is 9.53 Å². The molecule has 0 saturated carbocycles. The molecular formula is C18H23N3O2S. The van der Waals surface area contributed by atoms with Crippen LogP contribution in [0.2, 0.25) is 0 Å². The molecule has 5 nitrogen and oxygen atoms in total. The third-order valence-electron chi connectivity index (χ3n) is 4.84. The summed E-state index contributed by atoms with van der Waals surface area (Å²) >= 11 is 1.88. The van der Waals surface area contributed by atoms with Crippen LogP contribution in [0.3, 0.4) is 0 Å². The van der Waals surface area contributed by atoms with Crippen LogP contribution in [0.25, 0.3) is 10.9 Å². The molecule has 2 saturated heterocycles. The number of nitrogens with one attached hydrogen (secondary N) is 1. The van der Waals surface area contributed by atoms with Gasteiger partial charge in [-0.15, -0.1) is 11.8 Å². The molecule has 0 spiro atoms. The highest BCUT2D eigenvalue weighted by Gasteiger charge is 2.31. The van der Waals surface area contributed by atoms with Crippen molar-refractivity contribution in [2.75, 3.05) is 45.1 Å². The molecule has 0 aliphatic carbocycles. The standard InChI is InChI=1S/C18H23N3O2S/c22-17-5-12-24-18(15-13-19-16-4-2-1-3-14(15)16)21(17)7-6-20-8-10-23-11-9-20/h1-4,13,18-19H,5-12H2. The molecular weight excluding hydrogens is 322 g/mol. The zero-order valence-electron chi connectivity index (χ0n) is 13.7. The zero-order chi connectivity index (χ0) is 16.4. The Morgan fingerprint density at radius 3 is 2.92 bits per heavy atom. The van der Waals surface area contributed by atoms with Crippen molar-refractivity contribution in [3.63, 3.8) is 0 Å². The number of benzene rings is 1. The summed E-state index contributed by atoms with van der Waals surface area (Å²) in [6.45, 7) is 5.24. The summed E-state index contributed by atoms with van der Waals surface area (Å²) < 4.78 is 5.41. The topological polar surface area (TPSA) is 48.6 Å². The van der Waals surface area contributed by atoms with Crippen LogP contribution >= 0.6 is 11.8 Å². The van der Waals surface area contributed by atoms with Crippen molar-refractivity contribution in [1.82, 2.24) is 14.8 Å². The second-order valence-electron chi connectivity index (χ2n) is 6.30. The Labute approximate surface area is 146 Å². The third kappa shape index (κ3) is 3.18. The highest BCUT2D eigenvalue weighted by Crippen LogP contribution is 2.40. The Kier molecular flexibility index (Phi) is 4.78. The van der Waals surface area contributed by atoms with Gasteiger partial charge < -0.3 is 14.6 Å². The first kappa shape index (κ1) is 16.0. The summed E-state index contributed by atoms with van der Waals surface area (Å²) in [5.41, 5.74) is 2.37. The number of para-hydroxylation sites is 1. The smallest absolute Gasteiger partial charge is 0.224 e. The second kappa shape index (κ2) is 7.17. The Hall–Kier alpha value is -1.50. The minimum absolute atomic E-state index is 0.114. The first-order chi connectivity index (χ1) is 11.8. The Bertz CT molecular complexity index is 711. The van der Waals surface area contributed by atoms with Crippen molar-refractivity contribution in [2.24, 2.45) is 0 Å². The van der Waals surface area contributed by atoms with Gasteiger partial charge >= 0.3 is 0 Å². The monoisotopic (exact) mass is 345 g/mol. The van der Waals surface area contributed by atoms with Crippen molar-refractivity contribution in [2.45, 2.75) is 11.8 Å². The van der Waals surface area contributed by atoms with Crippen LogP contribution in [0.1, 0.15) is 17.4 Å². The average molecular weight is 345 g/mol. The van der Waals surface area contributed by atoms with Gasteiger partial charge in [-0.25, -0.2) is 0 Å². The summed E-state index contributed by atoms with van der Waals surface area (Å²) in [6, 6.07) is 8.33. The normalized spacial score (nSPS) is 23.1. The number of hydrogen-bond donors (Lipinski definition) is 1. The van der Waals surface area contributed by atoms with Crippen LogP contribution < -0.4 is 0 Å². The minimum Gasteiger partial charge on any atom is -0.379 e. The number of amides is 1. The van der Waals surface area contributed by atoms with E-state index in [9.17, 15) is 4.79 Å². The molecule has 2 aliphatic heterocycles. The molecule has 24 heavy (non-hydrogen) atoms. The average Bonchev–Trinajstić information content (AvgIpc) is 3.05. The van der Waals surface area contributed by atoms with E-state index in [1.807, 2.05) is 17.8 Å². The number of H-pyrrole nitrogens is 1. The number of aromatic amines is 1. The van der Waals surface area contributed by atoms with Gasteiger partial charge in [0.05, 0.1) is 13.2 Å². The lowest BCUT2D eigenvalue weighted by atomic mass is 10.1. The maximum atomic E-state index is 12.6. The summed E-state index contributed by atoms with van der Waals surface area (Å²) in [4.78, 5) is 20.4. The van der Waals surface area contributed by atoms with Crippen LogP contribution in [0.5, 0.6) is 0 Å². The van der Waals surface area contributed by atoms with Gasteiger partial charge in [-0.2, -0.15) is 0 Å². The molecule has 1 amide bonds. The first-order valence-corrected chi connectivity index (χ1v) is 9.65. The molecule has 4 rings (SSSR count). The number of carbonyl (C=O) groups excluding carboxylic acids is 1. The number of aromatic nitrogens is 1. The summed E-state index contributed by atoms with van der Waals surface area (Å²) in [5, 5.41) is 1.34. The number of nitrogens with zero attached hydrogens (tertiary/aromatic N) is 2. The number of carbonyl (C=O) groups is 1. The predicted molar refractivity (Wildman–Crippen MR) is 97.1 cm³/mol. The molecule has 1 atom stereocenters. The molecule has 6 heteroatoms. The van der Waals surface area contributed by atoms with Gasteiger partial charge in [-0.1, -0.05) is 18.2 Å². The maximum absolute atomic E-state index is 12.6. The fourth-order valence-corrected chi connectivity index (χ4v) is 4.79. The lowest BCUT2D eigenvalue weighted by molar-refractivity contribution is -0.132. The van der Waals surface area contributed by atoms with Gasteiger partial charge in [-0.05, 0) is 6.07 Å². The largest absolute Gasteiger partial charge is 0.379 e. The third-order valence-corrected chi connectivity index (χ3v) is 6.11. The van der Waals surface area contributed by atoms with Crippen molar-refractivity contribution >= 4 is 28.6 Å². The van der Waals surface area contributed by atoms with Crippen LogP contribution in [0.4, 0.5) is 0 Å². The molecule has 1 aromatic carbocycles. The predicted octanol–water partition coefficient (Wildman–Crippen LogP) is 2.46. The summed E-state index contributed by atoms with van der Waals surface area (Å²) in [6.07, 6.45) is 2.72. The van der Waals surface area contributed by atoms with E-state index in [0.29, 0.717) is 6.42 Å². The lowest BCUT2D eigenvalue weighted by Crippen LogP contribution is -2.45. The Morgan fingerprint density at radius 2 is 2.04 bits per heavy atom. The van der Waals surface area contributed by atoms with E-state index >= 15 is 0 Å². The zero-order valence-corrected chi connectivity index (χ0v) is 14.6. The summed E-state index contributed by atoms with van der Waals surface area (Å²) in [7, 11) is 0. The highest BCUT2D eigenvalue weighted by atomic mass is 32.2. The number of hydrogen-bond acceptors (Lipinski definition) is 4. The van der Waals surface area contributed by atoms with E-state index in [4.69, 9.17) is 4.74 Å². The Balaban J connectivity index is 1.54. The first-order valence-electron chi connectivity index (χ1n) is 8.60. The molecule has 128 valence electrons. The maximum Gasteiger partial charge on any atom is 0.224 e. The molecule has 1 unspecified atom stereocenters. The van der Waals surface area contributed by atoms with Gasteiger partial charge in [0, 0.05) is 61.0 Å². The van der Waals surface area contributed by atoms with Gasteiger partial charge in [0.15, 0.2) is 0 Å². The second-order valence-corrected chi connectivity index (χ2v) is 7.49. The van der Waals surface area contributed by atoms with Crippen LogP contribution in [0.15, 0.2) is 30.5 Å². The number of ether oxygens (including phenoxy) is 1. The SMILES string of the molecule is O=C1CCSC(c2c[nH]c3ccccc23)N1CCN1CCOCC1. The van der Waals surface area contributed by atoms with Gasteiger partial charge in [0.1, 0.15) is 5.37 Å². The fourth-order valence-electron chi connectivity index (χ4n) is 3.49. The van der Waals surface area contributed by atoms with Gasteiger partial charge in [-0.3, -0.25) is 9.69 Å². The molecule has 0 bridgehead atoms. The number of thioether (sulfide) groups is 1. The van der Waals surface area contributed by atoms with Gasteiger partial charge in [0.25, 0.3) is 0 Å². The fraction of sp³-hybridized carbons (Fsp3) is 0.500. The van der Waals surface area contributed by atoms with Crippen LogP contribution in [-0.2, 0) is 9.53 Å². The molecule has 2 fully saturated rings. The van der Waals surface area contributed by atoms with E-state index in [0.717, 1.165) is 50.7 Å². The van der Waals surface area contributed by atoms with Crippen molar-refractivity contribution in [1.29, 1.82) is 0 Å². The number of rotatable bonds is 4. The van der Waals surface area contributed by atoms with Gasteiger partial charge in [0.2, 0.25) is 5.91 Å². The van der Waals surface area contributed by atoms with E-state index in [1.165, 1.54) is 10.9 Å². The highest BCUT2D eigenvalue weighted by molar-refractivity contribution is 7.99. The number of morpholine rings is 1. The minimum atomic E-state index is 0.114. The van der Waals surface area contributed by atoms with E-state index in [-0.39, 0.29) is 11.3 Å². The molecule has 1 N–H and O–H groups in total. The number of fused-ring (bicyclic) bond motifs is 1. The molecule has 3 heterocycles. The van der Waals surface area contributed by atoms with Crippen molar-refractivity contribution in [3.8, 4) is 0 Å². The van der Waals surface area contributed by atoms with E-state index in [1.54, 1.807) is 0 Å².